The Morgan fingerprint density at radius 1 is 1.33 bits per heavy atom. The molecule has 1 nitrogen and oxygen atoms in total. The van der Waals surface area contributed by atoms with Crippen LogP contribution in [0.1, 0.15) is 39.0 Å². The van der Waals surface area contributed by atoms with Crippen molar-refractivity contribution in [1.82, 2.24) is 0 Å². The van der Waals surface area contributed by atoms with Gasteiger partial charge >= 0.3 is 0 Å². The molecule has 0 aromatic heterocycles. The summed E-state index contributed by atoms with van der Waals surface area (Å²) in [6.07, 6.45) is 6.68. The largest absolute Gasteiger partial charge is 0.327 e. The Morgan fingerprint density at radius 3 is 2.44 bits per heavy atom. The molecular weight excluding hydrogens is 110 g/mol. The minimum absolute atomic E-state index is 0.517. The van der Waals surface area contributed by atoms with Gasteiger partial charge in [-0.3, -0.25) is 0 Å². The van der Waals surface area contributed by atoms with Crippen molar-refractivity contribution in [3.8, 4) is 0 Å². The Balaban J connectivity index is 2.30. The lowest BCUT2D eigenvalue weighted by Crippen LogP contribution is -2.32. The highest BCUT2D eigenvalue weighted by molar-refractivity contribution is 4.76. The van der Waals surface area contributed by atoms with Gasteiger partial charge in [0.2, 0.25) is 0 Å². The lowest BCUT2D eigenvalue weighted by molar-refractivity contribution is 0.300. The Morgan fingerprint density at radius 2 is 2.00 bits per heavy atom. The second kappa shape index (κ2) is 3.21. The SMILES string of the molecule is CC[C@H]1CCCCC1N. The number of nitrogens with two attached hydrogens (primary N) is 1. The zero-order chi connectivity index (χ0) is 6.69. The van der Waals surface area contributed by atoms with Crippen molar-refractivity contribution in [2.75, 3.05) is 0 Å². The Hall–Kier alpha value is -0.0400. The standard InChI is InChI=1S/C8H17N/c1-2-7-5-3-4-6-8(7)9/h7-8H,2-6,9H2,1H3/t7-,8?/m0/s1. The van der Waals surface area contributed by atoms with Crippen LogP contribution in [0.5, 0.6) is 0 Å². The fourth-order valence-corrected chi connectivity index (χ4v) is 1.74. The molecule has 0 bridgehead atoms. The van der Waals surface area contributed by atoms with Crippen LogP contribution >= 0.6 is 0 Å². The van der Waals surface area contributed by atoms with Gasteiger partial charge in [0.25, 0.3) is 0 Å². The van der Waals surface area contributed by atoms with E-state index < -0.39 is 0 Å². The fourth-order valence-electron chi connectivity index (χ4n) is 1.74. The predicted molar refractivity (Wildman–Crippen MR) is 40.2 cm³/mol. The molecule has 1 heteroatoms. The molecule has 2 atom stereocenters. The molecular formula is C8H17N. The van der Waals surface area contributed by atoms with Crippen molar-refractivity contribution in [3.05, 3.63) is 0 Å². The summed E-state index contributed by atoms with van der Waals surface area (Å²) >= 11 is 0. The first-order valence-corrected chi connectivity index (χ1v) is 4.10. The summed E-state index contributed by atoms with van der Waals surface area (Å²) in [6, 6.07) is 0.517. The van der Waals surface area contributed by atoms with Crippen molar-refractivity contribution in [3.63, 3.8) is 0 Å². The van der Waals surface area contributed by atoms with Crippen molar-refractivity contribution in [2.45, 2.75) is 45.1 Å². The van der Waals surface area contributed by atoms with Gasteiger partial charge in [-0.05, 0) is 18.8 Å². The molecule has 9 heavy (non-hydrogen) atoms. The van der Waals surface area contributed by atoms with Gasteiger partial charge in [0.1, 0.15) is 0 Å². The topological polar surface area (TPSA) is 26.0 Å². The maximum Gasteiger partial charge on any atom is 0.00670 e. The van der Waals surface area contributed by atoms with Gasteiger partial charge in [0, 0.05) is 6.04 Å². The Bertz CT molecular complexity index is 80.6. The van der Waals surface area contributed by atoms with Crippen LogP contribution in [0.2, 0.25) is 0 Å². The summed E-state index contributed by atoms with van der Waals surface area (Å²) in [4.78, 5) is 0. The molecule has 1 fully saturated rings. The molecule has 0 heterocycles. The average Bonchev–Trinajstić information content (AvgIpc) is 1.89. The third kappa shape index (κ3) is 1.68. The quantitative estimate of drug-likeness (QED) is 0.572. The van der Waals surface area contributed by atoms with Crippen LogP contribution in [0.15, 0.2) is 0 Å². The van der Waals surface area contributed by atoms with E-state index in [4.69, 9.17) is 5.73 Å². The first-order chi connectivity index (χ1) is 4.34. The van der Waals surface area contributed by atoms with Crippen molar-refractivity contribution < 1.29 is 0 Å². The Kier molecular flexibility index (Phi) is 2.52. The van der Waals surface area contributed by atoms with Gasteiger partial charge in [-0.2, -0.15) is 0 Å². The van der Waals surface area contributed by atoms with E-state index in [0.717, 1.165) is 5.92 Å². The normalized spacial score (nSPS) is 36.7. The van der Waals surface area contributed by atoms with E-state index in [-0.39, 0.29) is 0 Å². The molecule has 0 aromatic carbocycles. The second-order valence-corrected chi connectivity index (χ2v) is 3.12. The summed E-state index contributed by atoms with van der Waals surface area (Å²) in [5.41, 5.74) is 5.89. The first-order valence-electron chi connectivity index (χ1n) is 4.10. The maximum absolute atomic E-state index is 5.89. The van der Waals surface area contributed by atoms with E-state index >= 15 is 0 Å². The summed E-state index contributed by atoms with van der Waals surface area (Å²) in [5.74, 6) is 0.832. The van der Waals surface area contributed by atoms with Crippen LogP contribution in [0, 0.1) is 5.92 Å². The number of rotatable bonds is 1. The molecule has 54 valence electrons. The first kappa shape index (κ1) is 7.07. The molecule has 2 N–H and O–H groups in total. The zero-order valence-corrected chi connectivity index (χ0v) is 6.27. The van der Waals surface area contributed by atoms with Crippen molar-refractivity contribution >= 4 is 0 Å². The van der Waals surface area contributed by atoms with Gasteiger partial charge in [0.05, 0.1) is 0 Å². The van der Waals surface area contributed by atoms with Crippen molar-refractivity contribution in [2.24, 2.45) is 11.7 Å². The van der Waals surface area contributed by atoms with E-state index in [2.05, 4.69) is 6.92 Å². The summed E-state index contributed by atoms with van der Waals surface area (Å²) < 4.78 is 0. The maximum atomic E-state index is 5.89. The highest BCUT2D eigenvalue weighted by atomic mass is 14.7. The van der Waals surface area contributed by atoms with Crippen LogP contribution in [-0.4, -0.2) is 6.04 Å². The van der Waals surface area contributed by atoms with Gasteiger partial charge in [-0.25, -0.2) is 0 Å². The van der Waals surface area contributed by atoms with Gasteiger partial charge < -0.3 is 5.73 Å². The lowest BCUT2D eigenvalue weighted by Gasteiger charge is -2.27. The molecule has 0 aliphatic heterocycles. The summed E-state index contributed by atoms with van der Waals surface area (Å²) in [5, 5.41) is 0. The Labute approximate surface area is 57.6 Å². The molecule has 0 saturated heterocycles. The number of hydrogen-bond acceptors (Lipinski definition) is 1. The average molecular weight is 127 g/mol. The van der Waals surface area contributed by atoms with E-state index in [1.165, 1.54) is 32.1 Å². The molecule has 0 amide bonds. The van der Waals surface area contributed by atoms with Gasteiger partial charge in [-0.1, -0.05) is 26.2 Å². The molecule has 1 saturated carbocycles. The van der Waals surface area contributed by atoms with Crippen LogP contribution in [-0.2, 0) is 0 Å². The molecule has 0 aromatic rings. The van der Waals surface area contributed by atoms with E-state index in [1.807, 2.05) is 0 Å². The van der Waals surface area contributed by atoms with Crippen molar-refractivity contribution in [1.29, 1.82) is 0 Å². The third-order valence-corrected chi connectivity index (χ3v) is 2.49. The van der Waals surface area contributed by atoms with Crippen LogP contribution < -0.4 is 5.73 Å². The highest BCUT2D eigenvalue weighted by Crippen LogP contribution is 2.24. The fraction of sp³-hybridized carbons (Fsp3) is 1.00. The minimum atomic E-state index is 0.517. The highest BCUT2D eigenvalue weighted by Gasteiger charge is 2.18. The molecule has 1 aliphatic carbocycles. The van der Waals surface area contributed by atoms with Crippen LogP contribution in [0.3, 0.4) is 0 Å². The smallest absolute Gasteiger partial charge is 0.00670 e. The number of hydrogen-bond donors (Lipinski definition) is 1. The predicted octanol–water partition coefficient (Wildman–Crippen LogP) is 1.91. The minimum Gasteiger partial charge on any atom is -0.327 e. The van der Waals surface area contributed by atoms with Crippen LogP contribution in [0.4, 0.5) is 0 Å². The molecule has 0 spiro atoms. The molecule has 1 aliphatic rings. The summed E-state index contributed by atoms with van der Waals surface area (Å²) in [7, 11) is 0. The lowest BCUT2D eigenvalue weighted by atomic mass is 9.84. The molecule has 0 radical (unpaired) electrons. The van der Waals surface area contributed by atoms with E-state index in [9.17, 15) is 0 Å². The summed E-state index contributed by atoms with van der Waals surface area (Å²) in [6.45, 7) is 2.25. The molecule has 1 unspecified atom stereocenters. The van der Waals surface area contributed by atoms with Gasteiger partial charge in [-0.15, -0.1) is 0 Å². The van der Waals surface area contributed by atoms with E-state index in [1.54, 1.807) is 0 Å². The monoisotopic (exact) mass is 127 g/mol. The molecule has 1 rings (SSSR count). The van der Waals surface area contributed by atoms with Gasteiger partial charge in [0.15, 0.2) is 0 Å². The van der Waals surface area contributed by atoms with Crippen LogP contribution in [0.25, 0.3) is 0 Å². The van der Waals surface area contributed by atoms with E-state index in [0.29, 0.717) is 6.04 Å². The third-order valence-electron chi connectivity index (χ3n) is 2.49. The zero-order valence-electron chi connectivity index (χ0n) is 6.27. The second-order valence-electron chi connectivity index (χ2n) is 3.12.